The third-order valence-corrected chi connectivity index (χ3v) is 1.59. The maximum absolute atomic E-state index is 10.4. The van der Waals surface area contributed by atoms with Crippen LogP contribution in [0.25, 0.3) is 0 Å². The van der Waals surface area contributed by atoms with E-state index in [1.807, 2.05) is 6.92 Å². The Morgan fingerprint density at radius 3 is 3.09 bits per heavy atom. The van der Waals surface area contributed by atoms with Gasteiger partial charge in [0, 0.05) is 6.42 Å². The molecule has 4 nitrogen and oxygen atoms in total. The van der Waals surface area contributed by atoms with Gasteiger partial charge in [0.25, 0.3) is 0 Å². The van der Waals surface area contributed by atoms with Crippen molar-refractivity contribution < 1.29 is 9.90 Å². The number of rotatable bonds is 3. The highest BCUT2D eigenvalue weighted by atomic mass is 16.4. The number of aliphatic carboxylic acids is 1. The van der Waals surface area contributed by atoms with Gasteiger partial charge in [0.2, 0.25) is 0 Å². The average Bonchev–Trinajstić information content (AvgIpc) is 2.37. The molecule has 0 aromatic rings. The van der Waals surface area contributed by atoms with E-state index >= 15 is 0 Å². The predicted octanol–water partition coefficient (Wildman–Crippen LogP) is 0.241. The molecule has 0 amide bonds. The molecular formula is C7H12N2O2. The van der Waals surface area contributed by atoms with E-state index in [4.69, 9.17) is 5.11 Å². The van der Waals surface area contributed by atoms with Crippen LogP contribution in [-0.4, -0.2) is 29.5 Å². The van der Waals surface area contributed by atoms with E-state index in [1.165, 1.54) is 0 Å². The highest BCUT2D eigenvalue weighted by Gasteiger charge is 2.22. The van der Waals surface area contributed by atoms with Crippen molar-refractivity contribution in [2.75, 3.05) is 6.54 Å². The molecule has 0 bridgehead atoms. The Hall–Kier alpha value is -1.06. The minimum atomic E-state index is -0.820. The lowest BCUT2D eigenvalue weighted by atomic mass is 10.3. The van der Waals surface area contributed by atoms with Gasteiger partial charge in [0.15, 0.2) is 0 Å². The number of amidine groups is 1. The Bertz CT molecular complexity index is 189. The summed E-state index contributed by atoms with van der Waals surface area (Å²) in [6, 6.07) is -0.489. The van der Waals surface area contributed by atoms with Crippen molar-refractivity contribution in [3.8, 4) is 0 Å². The average molecular weight is 156 g/mol. The minimum absolute atomic E-state index is 0.380. The standard InChI is InChI=1S/C7H12N2O2/c1-2-3-6-8-4-5(9-6)7(10)11/h5H,2-4H2,1H3,(H,8,9)(H,10,11). The van der Waals surface area contributed by atoms with E-state index in [0.29, 0.717) is 6.54 Å². The second-order valence-electron chi connectivity index (χ2n) is 2.57. The second kappa shape index (κ2) is 3.37. The molecule has 2 N–H and O–H groups in total. The summed E-state index contributed by atoms with van der Waals surface area (Å²) in [4.78, 5) is 14.5. The van der Waals surface area contributed by atoms with E-state index in [9.17, 15) is 4.79 Å². The van der Waals surface area contributed by atoms with Crippen molar-refractivity contribution in [1.82, 2.24) is 5.32 Å². The number of aliphatic imine (C=N–C) groups is 1. The van der Waals surface area contributed by atoms with Gasteiger partial charge in [-0.3, -0.25) is 4.99 Å². The van der Waals surface area contributed by atoms with Crippen LogP contribution in [0.2, 0.25) is 0 Å². The summed E-state index contributed by atoms with van der Waals surface area (Å²) in [5, 5.41) is 11.4. The van der Waals surface area contributed by atoms with Gasteiger partial charge in [0.05, 0.1) is 12.4 Å². The Morgan fingerprint density at radius 2 is 2.64 bits per heavy atom. The lowest BCUT2D eigenvalue weighted by Gasteiger charge is -2.04. The van der Waals surface area contributed by atoms with Crippen molar-refractivity contribution in [3.63, 3.8) is 0 Å². The first-order valence-corrected chi connectivity index (χ1v) is 3.76. The van der Waals surface area contributed by atoms with Crippen molar-refractivity contribution in [2.24, 2.45) is 4.99 Å². The van der Waals surface area contributed by atoms with Gasteiger partial charge >= 0.3 is 5.97 Å². The number of hydrogen-bond donors (Lipinski definition) is 2. The van der Waals surface area contributed by atoms with E-state index in [1.54, 1.807) is 0 Å². The van der Waals surface area contributed by atoms with Crippen molar-refractivity contribution in [2.45, 2.75) is 25.8 Å². The van der Waals surface area contributed by atoms with Crippen LogP contribution in [0.4, 0.5) is 0 Å². The molecule has 0 aromatic carbocycles. The van der Waals surface area contributed by atoms with Gasteiger partial charge in [-0.05, 0) is 6.42 Å². The van der Waals surface area contributed by atoms with E-state index in [-0.39, 0.29) is 0 Å². The zero-order valence-electron chi connectivity index (χ0n) is 6.50. The van der Waals surface area contributed by atoms with Crippen LogP contribution in [0, 0.1) is 0 Å². The topological polar surface area (TPSA) is 61.7 Å². The molecule has 0 spiro atoms. The Balaban J connectivity index is 2.36. The van der Waals surface area contributed by atoms with Crippen LogP contribution in [0.3, 0.4) is 0 Å². The van der Waals surface area contributed by atoms with Gasteiger partial charge < -0.3 is 10.4 Å². The number of carbonyl (C=O) groups is 1. The highest BCUT2D eigenvalue weighted by Crippen LogP contribution is 2.00. The molecule has 1 heterocycles. The molecule has 4 heteroatoms. The third-order valence-electron chi connectivity index (χ3n) is 1.59. The number of carboxylic acid groups (broad SMARTS) is 1. The molecule has 0 aliphatic carbocycles. The first-order chi connectivity index (χ1) is 5.24. The normalized spacial score (nSPS) is 22.6. The summed E-state index contributed by atoms with van der Waals surface area (Å²) in [5.41, 5.74) is 0. The number of nitrogens with one attached hydrogen (secondary N) is 1. The van der Waals surface area contributed by atoms with E-state index in [2.05, 4.69) is 10.3 Å². The van der Waals surface area contributed by atoms with Crippen LogP contribution in [-0.2, 0) is 4.79 Å². The first-order valence-electron chi connectivity index (χ1n) is 3.76. The number of nitrogens with zero attached hydrogens (tertiary/aromatic N) is 1. The lowest BCUT2D eigenvalue weighted by Crippen LogP contribution is -2.36. The minimum Gasteiger partial charge on any atom is -0.480 e. The summed E-state index contributed by atoms with van der Waals surface area (Å²) < 4.78 is 0. The molecule has 11 heavy (non-hydrogen) atoms. The summed E-state index contributed by atoms with van der Waals surface area (Å²) in [6.45, 7) is 2.42. The smallest absolute Gasteiger partial charge is 0.328 e. The number of hydrogen-bond acceptors (Lipinski definition) is 3. The van der Waals surface area contributed by atoms with Crippen molar-refractivity contribution in [1.29, 1.82) is 0 Å². The van der Waals surface area contributed by atoms with Crippen molar-refractivity contribution in [3.05, 3.63) is 0 Å². The molecule has 0 saturated carbocycles. The van der Waals surface area contributed by atoms with Crippen molar-refractivity contribution >= 4 is 11.8 Å². The largest absolute Gasteiger partial charge is 0.480 e. The molecular weight excluding hydrogens is 144 g/mol. The van der Waals surface area contributed by atoms with Crippen LogP contribution >= 0.6 is 0 Å². The monoisotopic (exact) mass is 156 g/mol. The summed E-state index contributed by atoms with van der Waals surface area (Å²) >= 11 is 0. The van der Waals surface area contributed by atoms with E-state index < -0.39 is 12.0 Å². The zero-order valence-corrected chi connectivity index (χ0v) is 6.50. The molecule has 1 aliphatic heterocycles. The number of carboxylic acids is 1. The maximum Gasteiger partial charge on any atom is 0.328 e. The zero-order chi connectivity index (χ0) is 8.27. The van der Waals surface area contributed by atoms with Gasteiger partial charge in [0.1, 0.15) is 6.04 Å². The van der Waals surface area contributed by atoms with Crippen LogP contribution in [0.1, 0.15) is 19.8 Å². The van der Waals surface area contributed by atoms with Gasteiger partial charge in [-0.25, -0.2) is 4.79 Å². The fourth-order valence-corrected chi connectivity index (χ4v) is 1.02. The van der Waals surface area contributed by atoms with E-state index in [0.717, 1.165) is 18.7 Å². The molecule has 1 atom stereocenters. The highest BCUT2D eigenvalue weighted by molar-refractivity contribution is 5.90. The maximum atomic E-state index is 10.4. The summed E-state index contributed by atoms with van der Waals surface area (Å²) in [6.07, 6.45) is 1.85. The first kappa shape index (κ1) is 8.04. The molecule has 0 aromatic heterocycles. The van der Waals surface area contributed by atoms with Crippen LogP contribution in [0.5, 0.6) is 0 Å². The SMILES string of the molecule is CCCC1=NCC(C(=O)O)N1. The Morgan fingerprint density at radius 1 is 1.91 bits per heavy atom. The van der Waals surface area contributed by atoms with Crippen LogP contribution < -0.4 is 5.32 Å². The van der Waals surface area contributed by atoms with Gasteiger partial charge in [-0.1, -0.05) is 6.92 Å². The second-order valence-corrected chi connectivity index (χ2v) is 2.57. The predicted molar refractivity (Wildman–Crippen MR) is 41.8 cm³/mol. The third kappa shape index (κ3) is 1.93. The summed E-state index contributed by atoms with van der Waals surface area (Å²) in [5.74, 6) is 0.0137. The van der Waals surface area contributed by atoms with Gasteiger partial charge in [-0.2, -0.15) is 0 Å². The Kier molecular flexibility index (Phi) is 2.46. The van der Waals surface area contributed by atoms with Gasteiger partial charge in [-0.15, -0.1) is 0 Å². The molecule has 0 fully saturated rings. The summed E-state index contributed by atoms with van der Waals surface area (Å²) in [7, 11) is 0. The van der Waals surface area contributed by atoms with Crippen LogP contribution in [0.15, 0.2) is 4.99 Å². The molecule has 1 unspecified atom stereocenters. The fourth-order valence-electron chi connectivity index (χ4n) is 1.02. The molecule has 0 saturated heterocycles. The molecule has 1 aliphatic rings. The Labute approximate surface area is 65.3 Å². The fraction of sp³-hybridized carbons (Fsp3) is 0.714. The quantitative estimate of drug-likeness (QED) is 0.615. The molecule has 1 rings (SSSR count). The lowest BCUT2D eigenvalue weighted by molar-refractivity contribution is -0.138. The molecule has 62 valence electrons. The molecule has 0 radical (unpaired) electrons.